The fourth-order valence-electron chi connectivity index (χ4n) is 4.18. The first-order valence-electron chi connectivity index (χ1n) is 7.13. The maximum atomic E-state index is 2.49. The normalized spacial score (nSPS) is 42.4. The zero-order chi connectivity index (χ0) is 12.0. The minimum atomic E-state index is 0.594. The summed E-state index contributed by atoms with van der Waals surface area (Å²) < 4.78 is 1.37. The van der Waals surface area contributed by atoms with Crippen molar-refractivity contribution in [3.05, 3.63) is 0 Å². The summed E-state index contributed by atoms with van der Waals surface area (Å²) in [5.74, 6) is 2.89. The Kier molecular flexibility index (Phi) is 3.11. The van der Waals surface area contributed by atoms with Gasteiger partial charge in [0.25, 0.3) is 0 Å². The number of quaternary nitrogens is 1. The molecule has 94 valence electrons. The van der Waals surface area contributed by atoms with E-state index in [0.29, 0.717) is 5.41 Å². The average molecular weight is 224 g/mol. The van der Waals surface area contributed by atoms with Gasteiger partial charge < -0.3 is 4.48 Å². The Morgan fingerprint density at radius 3 is 2.56 bits per heavy atom. The monoisotopic (exact) mass is 224 g/mol. The molecule has 3 unspecified atom stereocenters. The lowest BCUT2D eigenvalue weighted by Gasteiger charge is -2.33. The molecular formula is C15H30N+. The highest BCUT2D eigenvalue weighted by Crippen LogP contribution is 2.44. The summed E-state index contributed by atoms with van der Waals surface area (Å²) in [4.78, 5) is 0. The summed E-state index contributed by atoms with van der Waals surface area (Å²) in [7, 11) is 2.49. The van der Waals surface area contributed by atoms with Gasteiger partial charge in [-0.05, 0) is 24.2 Å². The van der Waals surface area contributed by atoms with Gasteiger partial charge in [-0.1, -0.05) is 27.7 Å². The third-order valence-electron chi connectivity index (χ3n) is 4.93. The summed E-state index contributed by atoms with van der Waals surface area (Å²) in [6.45, 7) is 14.1. The Morgan fingerprint density at radius 1 is 1.25 bits per heavy atom. The van der Waals surface area contributed by atoms with E-state index in [1.807, 2.05) is 0 Å². The van der Waals surface area contributed by atoms with Crippen LogP contribution in [0, 0.1) is 23.2 Å². The van der Waals surface area contributed by atoms with Crippen LogP contribution < -0.4 is 0 Å². The van der Waals surface area contributed by atoms with Gasteiger partial charge in [0.15, 0.2) is 0 Å². The summed E-state index contributed by atoms with van der Waals surface area (Å²) in [6, 6.07) is 0. The fraction of sp³-hybridized carbons (Fsp3) is 1.00. The number of hydrogen-bond acceptors (Lipinski definition) is 0. The third-order valence-corrected chi connectivity index (χ3v) is 4.93. The molecule has 2 saturated heterocycles. The Bertz CT molecular complexity index is 252. The predicted molar refractivity (Wildman–Crippen MR) is 70.2 cm³/mol. The SMILES string of the molecule is CC(C)CC1C[N+]2(C)CCC(C)(C)CC1C2. The Morgan fingerprint density at radius 2 is 1.94 bits per heavy atom. The highest BCUT2D eigenvalue weighted by molar-refractivity contribution is 4.85. The molecule has 0 aliphatic carbocycles. The van der Waals surface area contributed by atoms with Gasteiger partial charge >= 0.3 is 0 Å². The molecule has 2 aliphatic rings. The summed E-state index contributed by atoms with van der Waals surface area (Å²) in [5.41, 5.74) is 0.594. The molecule has 16 heavy (non-hydrogen) atoms. The van der Waals surface area contributed by atoms with Crippen LogP contribution in [0.3, 0.4) is 0 Å². The van der Waals surface area contributed by atoms with Crippen molar-refractivity contribution < 1.29 is 4.48 Å². The minimum Gasteiger partial charge on any atom is -0.326 e. The molecule has 2 heterocycles. The number of rotatable bonds is 2. The van der Waals surface area contributed by atoms with Crippen LogP contribution >= 0.6 is 0 Å². The quantitative estimate of drug-likeness (QED) is 0.629. The van der Waals surface area contributed by atoms with E-state index in [1.54, 1.807) is 0 Å². The molecular weight excluding hydrogens is 194 g/mol. The van der Waals surface area contributed by atoms with E-state index >= 15 is 0 Å². The molecule has 0 radical (unpaired) electrons. The largest absolute Gasteiger partial charge is 0.326 e. The Balaban J connectivity index is 2.10. The van der Waals surface area contributed by atoms with Crippen LogP contribution in [0.2, 0.25) is 0 Å². The van der Waals surface area contributed by atoms with Crippen molar-refractivity contribution in [2.45, 2.75) is 47.0 Å². The van der Waals surface area contributed by atoms with Gasteiger partial charge in [0.2, 0.25) is 0 Å². The summed E-state index contributed by atoms with van der Waals surface area (Å²) >= 11 is 0. The average Bonchev–Trinajstić information content (AvgIpc) is 2.32. The molecule has 2 bridgehead atoms. The highest BCUT2D eigenvalue weighted by Gasteiger charge is 2.47. The van der Waals surface area contributed by atoms with Crippen LogP contribution in [-0.2, 0) is 0 Å². The van der Waals surface area contributed by atoms with Crippen LogP contribution in [0.15, 0.2) is 0 Å². The molecule has 0 N–H and O–H groups in total. The molecule has 0 spiro atoms. The zero-order valence-electron chi connectivity index (χ0n) is 11.9. The molecule has 2 fully saturated rings. The third kappa shape index (κ3) is 2.61. The van der Waals surface area contributed by atoms with E-state index in [9.17, 15) is 0 Å². The zero-order valence-corrected chi connectivity index (χ0v) is 11.9. The molecule has 0 aromatic rings. The van der Waals surface area contributed by atoms with Gasteiger partial charge in [0.1, 0.15) is 0 Å². The van der Waals surface area contributed by atoms with Crippen molar-refractivity contribution in [2.75, 3.05) is 26.7 Å². The molecule has 2 rings (SSSR count). The van der Waals surface area contributed by atoms with Gasteiger partial charge in [-0.2, -0.15) is 0 Å². The van der Waals surface area contributed by atoms with Gasteiger partial charge in [0.05, 0.1) is 26.7 Å². The summed E-state index contributed by atoms with van der Waals surface area (Å²) in [5, 5.41) is 0. The Labute approximate surface area is 102 Å². The number of hydrogen-bond donors (Lipinski definition) is 0. The number of fused-ring (bicyclic) bond motifs is 2. The summed E-state index contributed by atoms with van der Waals surface area (Å²) in [6.07, 6.45) is 4.35. The lowest BCUT2D eigenvalue weighted by atomic mass is 9.75. The van der Waals surface area contributed by atoms with Gasteiger partial charge in [0, 0.05) is 18.3 Å². The van der Waals surface area contributed by atoms with E-state index in [2.05, 4.69) is 34.7 Å². The maximum Gasteiger partial charge on any atom is 0.0818 e. The fourth-order valence-corrected chi connectivity index (χ4v) is 4.18. The second-order valence-corrected chi connectivity index (χ2v) is 7.98. The van der Waals surface area contributed by atoms with Crippen LogP contribution in [0.1, 0.15) is 47.0 Å². The molecule has 0 aromatic heterocycles. The van der Waals surface area contributed by atoms with Gasteiger partial charge in [-0.25, -0.2) is 0 Å². The van der Waals surface area contributed by atoms with E-state index in [1.165, 1.54) is 43.4 Å². The van der Waals surface area contributed by atoms with Gasteiger partial charge in [-0.3, -0.25) is 0 Å². The predicted octanol–water partition coefficient (Wildman–Crippen LogP) is 3.55. The van der Waals surface area contributed by atoms with Crippen molar-refractivity contribution in [1.29, 1.82) is 0 Å². The van der Waals surface area contributed by atoms with E-state index in [4.69, 9.17) is 0 Å². The lowest BCUT2D eigenvalue weighted by molar-refractivity contribution is -0.900. The van der Waals surface area contributed by atoms with Crippen molar-refractivity contribution in [2.24, 2.45) is 23.2 Å². The molecule has 1 nitrogen and oxygen atoms in total. The van der Waals surface area contributed by atoms with Crippen LogP contribution in [-0.4, -0.2) is 31.2 Å². The standard InChI is InChI=1S/C15H30N/c1-12(2)8-13-10-16(5)7-6-15(3,4)9-14(13)11-16/h12-14H,6-11H2,1-5H3/q+1. The van der Waals surface area contributed by atoms with Crippen LogP contribution in [0.4, 0.5) is 0 Å². The molecule has 0 saturated carbocycles. The lowest BCUT2D eigenvalue weighted by Crippen LogP contribution is -2.43. The smallest absolute Gasteiger partial charge is 0.0818 e. The first-order valence-corrected chi connectivity index (χ1v) is 7.13. The highest BCUT2D eigenvalue weighted by atomic mass is 15.4. The minimum absolute atomic E-state index is 0.594. The van der Waals surface area contributed by atoms with Crippen molar-refractivity contribution in [1.82, 2.24) is 0 Å². The van der Waals surface area contributed by atoms with Crippen LogP contribution in [0.5, 0.6) is 0 Å². The maximum absolute atomic E-state index is 2.49. The Hall–Kier alpha value is -0.0400. The second kappa shape index (κ2) is 4.01. The van der Waals surface area contributed by atoms with E-state index in [-0.39, 0.29) is 0 Å². The molecule has 0 aromatic carbocycles. The van der Waals surface area contributed by atoms with Crippen molar-refractivity contribution in [3.8, 4) is 0 Å². The van der Waals surface area contributed by atoms with E-state index < -0.39 is 0 Å². The molecule has 3 atom stereocenters. The first-order chi connectivity index (χ1) is 7.30. The molecule has 0 amide bonds. The second-order valence-electron chi connectivity index (χ2n) is 7.98. The van der Waals surface area contributed by atoms with Crippen molar-refractivity contribution in [3.63, 3.8) is 0 Å². The van der Waals surface area contributed by atoms with E-state index in [0.717, 1.165) is 17.8 Å². The molecule has 2 aliphatic heterocycles. The van der Waals surface area contributed by atoms with Gasteiger partial charge in [-0.15, -0.1) is 0 Å². The first kappa shape index (κ1) is 12.4. The van der Waals surface area contributed by atoms with Crippen LogP contribution in [0.25, 0.3) is 0 Å². The van der Waals surface area contributed by atoms with Crippen molar-refractivity contribution >= 4 is 0 Å². The number of nitrogens with zero attached hydrogens (tertiary/aromatic N) is 1. The molecule has 1 heteroatoms. The topological polar surface area (TPSA) is 0 Å².